The van der Waals surface area contributed by atoms with Gasteiger partial charge in [0.05, 0.1) is 10.8 Å². The van der Waals surface area contributed by atoms with Gasteiger partial charge in [-0.25, -0.2) is 4.21 Å². The molecule has 0 unspecified atom stereocenters. The van der Waals surface area contributed by atoms with Crippen molar-refractivity contribution < 1.29 is 4.21 Å². The summed E-state index contributed by atoms with van der Waals surface area (Å²) in [6, 6.07) is 15.4. The molecule has 0 aliphatic carbocycles. The van der Waals surface area contributed by atoms with Crippen LogP contribution in [0.3, 0.4) is 0 Å². The van der Waals surface area contributed by atoms with Crippen molar-refractivity contribution in [3.63, 3.8) is 0 Å². The second kappa shape index (κ2) is 6.45. The van der Waals surface area contributed by atoms with Gasteiger partial charge in [-0.1, -0.05) is 24.3 Å². The smallest absolute Gasteiger partial charge is 0.0849 e. The van der Waals surface area contributed by atoms with Gasteiger partial charge in [0.1, 0.15) is 0 Å². The summed E-state index contributed by atoms with van der Waals surface area (Å²) < 4.78 is 12.3. The van der Waals surface area contributed by atoms with Crippen LogP contribution in [0.4, 0.5) is 0 Å². The van der Waals surface area contributed by atoms with E-state index in [2.05, 4.69) is 25.3 Å². The van der Waals surface area contributed by atoms with Gasteiger partial charge < -0.3 is 0 Å². The predicted octanol–water partition coefficient (Wildman–Crippen LogP) is 3.71. The van der Waals surface area contributed by atoms with Crippen molar-refractivity contribution in [3.8, 4) is 0 Å². The number of rotatable bonds is 4. The van der Waals surface area contributed by atoms with E-state index in [-0.39, 0.29) is 0 Å². The molecule has 0 aromatic heterocycles. The monoisotopic (exact) mass is 294 g/mol. The summed E-state index contributed by atoms with van der Waals surface area (Å²) in [5, 5.41) is 0. The fourth-order valence-corrected chi connectivity index (χ4v) is 3.03. The van der Waals surface area contributed by atoms with Crippen LogP contribution in [-0.2, 0) is 22.3 Å². The van der Waals surface area contributed by atoms with Gasteiger partial charge >= 0.3 is 0 Å². The molecule has 0 N–H and O–H groups in total. The topological polar surface area (TPSA) is 17.1 Å². The van der Waals surface area contributed by atoms with Crippen molar-refractivity contribution in [1.82, 2.24) is 0 Å². The molecule has 0 saturated carbocycles. The van der Waals surface area contributed by atoms with Crippen LogP contribution in [0.15, 0.2) is 58.3 Å². The molecule has 1 nitrogen and oxygen atoms in total. The molecule has 94 valence electrons. The molecule has 2 aromatic carbocycles. The molecule has 0 aliphatic heterocycles. The van der Waals surface area contributed by atoms with Crippen LogP contribution < -0.4 is 0 Å². The quantitative estimate of drug-likeness (QED) is 0.822. The maximum absolute atomic E-state index is 12.3. The Hall–Kier alpha value is -0.710. The summed E-state index contributed by atoms with van der Waals surface area (Å²) in [4.78, 5) is 1.64. The second-order valence-electron chi connectivity index (χ2n) is 3.87. The van der Waals surface area contributed by atoms with E-state index in [0.29, 0.717) is 11.5 Å². The van der Waals surface area contributed by atoms with E-state index in [1.165, 1.54) is 0 Å². The van der Waals surface area contributed by atoms with Crippen molar-refractivity contribution in [3.05, 3.63) is 59.7 Å². The second-order valence-corrected chi connectivity index (χ2v) is 5.99. The van der Waals surface area contributed by atoms with E-state index in [9.17, 15) is 4.21 Å². The number of thiol groups is 2. The Morgan fingerprint density at radius 1 is 0.722 bits per heavy atom. The van der Waals surface area contributed by atoms with E-state index >= 15 is 0 Å². The Bertz CT molecular complexity index is 482. The van der Waals surface area contributed by atoms with E-state index in [0.717, 1.165) is 20.9 Å². The number of hydrogen-bond donors (Lipinski definition) is 2. The van der Waals surface area contributed by atoms with Gasteiger partial charge in [0.2, 0.25) is 0 Å². The minimum atomic E-state index is -1.12. The molecule has 0 spiro atoms. The molecule has 0 saturated heterocycles. The normalized spacial score (nSPS) is 10.8. The molecule has 18 heavy (non-hydrogen) atoms. The third-order valence-electron chi connectivity index (χ3n) is 2.64. The largest absolute Gasteiger partial charge is 0.249 e. The molecule has 0 radical (unpaired) electrons. The number of benzene rings is 2. The number of hydrogen-bond acceptors (Lipinski definition) is 3. The first-order chi connectivity index (χ1) is 8.74. The average Bonchev–Trinajstić information content (AvgIpc) is 2.47. The molecule has 0 bridgehead atoms. The molecule has 0 fully saturated rings. The lowest BCUT2D eigenvalue weighted by Crippen LogP contribution is -1.93. The highest BCUT2D eigenvalue weighted by atomic mass is 32.2. The third kappa shape index (κ3) is 3.19. The van der Waals surface area contributed by atoms with Crippen molar-refractivity contribution in [2.45, 2.75) is 21.3 Å². The van der Waals surface area contributed by atoms with Crippen LogP contribution in [0.25, 0.3) is 0 Å². The van der Waals surface area contributed by atoms with Crippen LogP contribution in [0.1, 0.15) is 11.1 Å². The highest BCUT2D eigenvalue weighted by Crippen LogP contribution is 2.18. The lowest BCUT2D eigenvalue weighted by Gasteiger charge is -2.04. The Kier molecular flexibility index (Phi) is 4.92. The molecule has 0 amide bonds. The van der Waals surface area contributed by atoms with E-state index in [4.69, 9.17) is 0 Å². The Labute approximate surface area is 121 Å². The van der Waals surface area contributed by atoms with Crippen LogP contribution >= 0.6 is 25.3 Å². The molecule has 0 aliphatic rings. The van der Waals surface area contributed by atoms with Gasteiger partial charge in [-0.2, -0.15) is 25.3 Å². The first-order valence-corrected chi connectivity index (χ1v) is 7.97. The summed E-state index contributed by atoms with van der Waals surface area (Å²) in [5.41, 5.74) is 2.26. The first kappa shape index (κ1) is 13.7. The third-order valence-corrected chi connectivity index (χ3v) is 4.77. The van der Waals surface area contributed by atoms with Gasteiger partial charge in [0.15, 0.2) is 0 Å². The summed E-state index contributed by atoms with van der Waals surface area (Å²) in [5.74, 6) is 1.40. The SMILES string of the molecule is O=S(c1ccc(CS)cc1)c1ccc(CS)cc1. The minimum absolute atomic E-state index is 0.698. The van der Waals surface area contributed by atoms with E-state index < -0.39 is 10.8 Å². The lowest BCUT2D eigenvalue weighted by molar-refractivity contribution is 0.683. The van der Waals surface area contributed by atoms with Gasteiger partial charge in [0.25, 0.3) is 0 Å². The van der Waals surface area contributed by atoms with Crippen molar-refractivity contribution in [1.29, 1.82) is 0 Å². The van der Waals surface area contributed by atoms with Gasteiger partial charge in [-0.05, 0) is 35.4 Å². The standard InChI is InChI=1S/C14H14OS3/c15-18(13-5-1-11(9-16)2-6-13)14-7-3-12(10-17)4-8-14/h1-8,16-17H,9-10H2. The summed E-state index contributed by atoms with van der Waals surface area (Å²) >= 11 is 8.41. The highest BCUT2D eigenvalue weighted by Gasteiger charge is 2.06. The minimum Gasteiger partial charge on any atom is -0.249 e. The van der Waals surface area contributed by atoms with Gasteiger partial charge in [-0.3, -0.25) is 0 Å². The molecular weight excluding hydrogens is 280 g/mol. The Morgan fingerprint density at radius 3 is 1.33 bits per heavy atom. The van der Waals surface area contributed by atoms with Crippen molar-refractivity contribution in [2.75, 3.05) is 0 Å². The zero-order valence-electron chi connectivity index (χ0n) is 9.74. The molecule has 0 atom stereocenters. The molecular formula is C14H14OS3. The van der Waals surface area contributed by atoms with Crippen LogP contribution in [0.2, 0.25) is 0 Å². The summed E-state index contributed by atoms with van der Waals surface area (Å²) in [6.45, 7) is 0. The Morgan fingerprint density at radius 2 is 1.06 bits per heavy atom. The Balaban J connectivity index is 2.23. The van der Waals surface area contributed by atoms with E-state index in [1.807, 2.05) is 48.5 Å². The zero-order valence-corrected chi connectivity index (χ0v) is 12.3. The van der Waals surface area contributed by atoms with Crippen LogP contribution in [-0.4, -0.2) is 4.21 Å². The van der Waals surface area contributed by atoms with Crippen LogP contribution in [0.5, 0.6) is 0 Å². The molecule has 2 aromatic rings. The average molecular weight is 294 g/mol. The lowest BCUT2D eigenvalue weighted by atomic mass is 10.2. The predicted molar refractivity (Wildman–Crippen MR) is 82.9 cm³/mol. The van der Waals surface area contributed by atoms with Gasteiger partial charge in [0, 0.05) is 21.3 Å². The first-order valence-electron chi connectivity index (χ1n) is 5.56. The fraction of sp³-hybridized carbons (Fsp3) is 0.143. The molecule has 2 rings (SSSR count). The van der Waals surface area contributed by atoms with Crippen molar-refractivity contribution in [2.24, 2.45) is 0 Å². The highest BCUT2D eigenvalue weighted by molar-refractivity contribution is 7.85. The maximum atomic E-state index is 12.3. The molecule has 0 heterocycles. The van der Waals surface area contributed by atoms with E-state index in [1.54, 1.807) is 0 Å². The molecule has 4 heteroatoms. The van der Waals surface area contributed by atoms with Gasteiger partial charge in [-0.15, -0.1) is 0 Å². The van der Waals surface area contributed by atoms with Crippen molar-refractivity contribution >= 4 is 36.1 Å². The zero-order chi connectivity index (χ0) is 13.0. The maximum Gasteiger partial charge on any atom is 0.0849 e. The van der Waals surface area contributed by atoms with Crippen LogP contribution in [0, 0.1) is 0 Å². The summed E-state index contributed by atoms with van der Waals surface area (Å²) in [7, 11) is -1.12. The summed E-state index contributed by atoms with van der Waals surface area (Å²) in [6.07, 6.45) is 0. The fourth-order valence-electron chi connectivity index (χ4n) is 1.57.